The normalized spacial score (nSPS) is 11.4. The van der Waals surface area contributed by atoms with Crippen molar-refractivity contribution in [2.75, 3.05) is 19.0 Å². The molecule has 102 valence electrons. The van der Waals surface area contributed by atoms with Gasteiger partial charge in [-0.1, -0.05) is 11.8 Å². The third kappa shape index (κ3) is 4.74. The van der Waals surface area contributed by atoms with E-state index < -0.39 is 6.10 Å². The zero-order valence-electron chi connectivity index (χ0n) is 11.5. The van der Waals surface area contributed by atoms with Gasteiger partial charge in [-0.2, -0.15) is 0 Å². The van der Waals surface area contributed by atoms with Crippen LogP contribution in [0.25, 0.3) is 0 Å². The molecule has 0 fully saturated rings. The van der Waals surface area contributed by atoms with Crippen LogP contribution in [0, 0.1) is 18.8 Å². The van der Waals surface area contributed by atoms with Crippen LogP contribution in [0.3, 0.4) is 0 Å². The Bertz CT molecular complexity index is 500. The second-order valence-corrected chi connectivity index (χ2v) is 4.17. The number of aliphatic hydroxyl groups excluding tert-OH is 1. The molecule has 0 aromatic heterocycles. The van der Waals surface area contributed by atoms with Crippen LogP contribution in [-0.2, 0) is 9.53 Å². The van der Waals surface area contributed by atoms with Crippen molar-refractivity contribution < 1.29 is 14.6 Å². The van der Waals surface area contributed by atoms with E-state index in [1.165, 1.54) is 7.11 Å². The number of rotatable bonds is 4. The first-order valence-corrected chi connectivity index (χ1v) is 6.12. The maximum atomic E-state index is 11.7. The maximum Gasteiger partial charge on any atom is 0.253 e. The number of carbonyl (C=O) groups excluding carboxylic acids is 1. The Morgan fingerprint density at radius 2 is 2.26 bits per heavy atom. The van der Waals surface area contributed by atoms with Crippen molar-refractivity contribution in [3.05, 3.63) is 29.3 Å². The first-order chi connectivity index (χ1) is 9.08. The Labute approximate surface area is 113 Å². The van der Waals surface area contributed by atoms with E-state index in [1.54, 1.807) is 6.92 Å². The summed E-state index contributed by atoms with van der Waals surface area (Å²) >= 11 is 0. The van der Waals surface area contributed by atoms with Crippen LogP contribution in [0.4, 0.5) is 5.69 Å². The third-order valence-electron chi connectivity index (χ3n) is 2.68. The summed E-state index contributed by atoms with van der Waals surface area (Å²) < 4.78 is 4.96. The number of methoxy groups -OCH3 is 1. The summed E-state index contributed by atoms with van der Waals surface area (Å²) in [7, 11) is 1.50. The van der Waals surface area contributed by atoms with Crippen LogP contribution in [0.2, 0.25) is 0 Å². The van der Waals surface area contributed by atoms with Gasteiger partial charge in [0.1, 0.15) is 6.10 Å². The lowest BCUT2D eigenvalue weighted by Gasteiger charge is -2.12. The third-order valence-corrected chi connectivity index (χ3v) is 2.68. The number of amides is 1. The summed E-state index contributed by atoms with van der Waals surface area (Å²) in [6, 6.07) is 5.56. The van der Waals surface area contributed by atoms with Crippen LogP contribution in [0.5, 0.6) is 0 Å². The number of aryl methyl sites for hydroxylation is 1. The molecule has 4 heteroatoms. The number of hydrogen-bond donors (Lipinski definition) is 2. The Morgan fingerprint density at radius 1 is 1.53 bits per heavy atom. The molecule has 1 atom stereocenters. The second kappa shape index (κ2) is 7.57. The number of nitrogens with one attached hydrogen (secondary N) is 1. The lowest BCUT2D eigenvalue weighted by atomic mass is 10.1. The molecule has 0 saturated carbocycles. The van der Waals surface area contributed by atoms with Gasteiger partial charge < -0.3 is 15.2 Å². The first-order valence-electron chi connectivity index (χ1n) is 6.12. The molecular weight excluding hydrogens is 242 g/mol. The molecule has 0 saturated heterocycles. The van der Waals surface area contributed by atoms with E-state index in [1.807, 2.05) is 25.1 Å². The van der Waals surface area contributed by atoms with Gasteiger partial charge in [0.2, 0.25) is 0 Å². The second-order valence-electron chi connectivity index (χ2n) is 4.17. The summed E-state index contributed by atoms with van der Waals surface area (Å²) in [6.07, 6.45) is -0.0217. The highest BCUT2D eigenvalue weighted by molar-refractivity contribution is 5.94. The van der Waals surface area contributed by atoms with Crippen LogP contribution in [-0.4, -0.2) is 30.8 Å². The zero-order chi connectivity index (χ0) is 14.3. The molecule has 0 bridgehead atoms. The van der Waals surface area contributed by atoms with Crippen LogP contribution in [0.1, 0.15) is 24.5 Å². The lowest BCUT2D eigenvalue weighted by molar-refractivity contribution is -0.124. The fourth-order valence-corrected chi connectivity index (χ4v) is 1.44. The minimum atomic E-state index is -0.483. The Hall–Kier alpha value is -1.83. The number of benzene rings is 1. The van der Waals surface area contributed by atoms with Gasteiger partial charge in [-0.15, -0.1) is 0 Å². The van der Waals surface area contributed by atoms with Gasteiger partial charge >= 0.3 is 0 Å². The van der Waals surface area contributed by atoms with E-state index in [4.69, 9.17) is 9.84 Å². The molecule has 1 aromatic carbocycles. The maximum absolute atomic E-state index is 11.7. The minimum absolute atomic E-state index is 0.0645. The molecule has 1 unspecified atom stereocenters. The van der Waals surface area contributed by atoms with Crippen molar-refractivity contribution in [3.63, 3.8) is 0 Å². The lowest BCUT2D eigenvalue weighted by Crippen LogP contribution is -2.26. The molecule has 0 aliphatic heterocycles. The average molecular weight is 261 g/mol. The fourth-order valence-electron chi connectivity index (χ4n) is 1.44. The van der Waals surface area contributed by atoms with E-state index in [0.717, 1.165) is 16.8 Å². The predicted octanol–water partition coefficient (Wildman–Crippen LogP) is 1.70. The molecule has 1 rings (SSSR count). The van der Waals surface area contributed by atoms with E-state index in [0.29, 0.717) is 6.42 Å². The highest BCUT2D eigenvalue weighted by Crippen LogP contribution is 2.16. The van der Waals surface area contributed by atoms with E-state index in [-0.39, 0.29) is 12.5 Å². The Morgan fingerprint density at radius 3 is 2.84 bits per heavy atom. The highest BCUT2D eigenvalue weighted by atomic mass is 16.5. The number of anilines is 1. The SMILES string of the molecule is COC(C)C(=O)Nc1ccc(C#CCCO)cc1C. The quantitative estimate of drug-likeness (QED) is 0.811. The number of hydrogen-bond acceptors (Lipinski definition) is 3. The molecule has 0 heterocycles. The summed E-state index contributed by atoms with van der Waals surface area (Å²) in [5.41, 5.74) is 2.55. The van der Waals surface area contributed by atoms with Gasteiger partial charge in [-0.3, -0.25) is 4.79 Å². The molecule has 1 aromatic rings. The van der Waals surface area contributed by atoms with Crippen molar-refractivity contribution in [2.45, 2.75) is 26.4 Å². The van der Waals surface area contributed by atoms with E-state index in [9.17, 15) is 4.79 Å². The standard InChI is InChI=1S/C15H19NO3/c1-11-10-13(6-4-5-9-17)7-8-14(11)16-15(18)12(2)19-3/h7-8,10,12,17H,5,9H2,1-3H3,(H,16,18). The molecule has 4 nitrogen and oxygen atoms in total. The number of ether oxygens (including phenoxy) is 1. The largest absolute Gasteiger partial charge is 0.395 e. The van der Waals surface area contributed by atoms with Crippen molar-refractivity contribution >= 4 is 11.6 Å². The van der Waals surface area contributed by atoms with Gasteiger partial charge in [0.05, 0.1) is 6.61 Å². The molecule has 0 spiro atoms. The summed E-state index contributed by atoms with van der Waals surface area (Å²) in [5, 5.41) is 11.5. The Balaban J connectivity index is 2.78. The van der Waals surface area contributed by atoms with E-state index >= 15 is 0 Å². The first kappa shape index (κ1) is 15.2. The highest BCUT2D eigenvalue weighted by Gasteiger charge is 2.12. The summed E-state index contributed by atoms with van der Waals surface area (Å²) in [6.45, 7) is 3.67. The average Bonchev–Trinajstić information content (AvgIpc) is 2.41. The minimum Gasteiger partial charge on any atom is -0.395 e. The number of carbonyl (C=O) groups is 1. The van der Waals surface area contributed by atoms with Crippen molar-refractivity contribution in [1.82, 2.24) is 0 Å². The van der Waals surface area contributed by atoms with Crippen molar-refractivity contribution in [3.8, 4) is 11.8 Å². The van der Waals surface area contributed by atoms with Crippen LogP contribution >= 0.6 is 0 Å². The predicted molar refractivity (Wildman–Crippen MR) is 74.9 cm³/mol. The fraction of sp³-hybridized carbons (Fsp3) is 0.400. The van der Waals surface area contributed by atoms with Crippen LogP contribution in [0.15, 0.2) is 18.2 Å². The zero-order valence-corrected chi connectivity index (χ0v) is 11.5. The smallest absolute Gasteiger partial charge is 0.253 e. The monoisotopic (exact) mass is 261 g/mol. The molecular formula is C15H19NO3. The molecule has 1 amide bonds. The van der Waals surface area contributed by atoms with Crippen molar-refractivity contribution in [2.24, 2.45) is 0 Å². The van der Waals surface area contributed by atoms with E-state index in [2.05, 4.69) is 17.2 Å². The van der Waals surface area contributed by atoms with Crippen molar-refractivity contribution in [1.29, 1.82) is 0 Å². The molecule has 0 aliphatic rings. The molecule has 0 radical (unpaired) electrons. The van der Waals surface area contributed by atoms with Gasteiger partial charge in [-0.05, 0) is 37.6 Å². The summed E-state index contributed by atoms with van der Waals surface area (Å²) in [4.78, 5) is 11.7. The van der Waals surface area contributed by atoms with Gasteiger partial charge in [0.25, 0.3) is 5.91 Å². The Kier molecular flexibility index (Phi) is 6.07. The van der Waals surface area contributed by atoms with Gasteiger partial charge in [0.15, 0.2) is 0 Å². The molecule has 19 heavy (non-hydrogen) atoms. The van der Waals surface area contributed by atoms with Gasteiger partial charge in [0, 0.05) is 24.8 Å². The van der Waals surface area contributed by atoms with Gasteiger partial charge in [-0.25, -0.2) is 0 Å². The molecule has 0 aliphatic carbocycles. The number of aliphatic hydroxyl groups is 1. The topological polar surface area (TPSA) is 58.6 Å². The molecule has 2 N–H and O–H groups in total. The summed E-state index contributed by atoms with van der Waals surface area (Å²) in [5.74, 6) is 5.64. The van der Waals surface area contributed by atoms with Crippen LogP contribution < -0.4 is 5.32 Å².